The van der Waals surface area contributed by atoms with Crippen molar-refractivity contribution in [2.24, 2.45) is 0 Å². The van der Waals surface area contributed by atoms with Crippen LogP contribution in [0.3, 0.4) is 0 Å². The Kier molecular flexibility index (Phi) is 5.75. The molecule has 0 radical (unpaired) electrons. The molecule has 31 heavy (non-hydrogen) atoms. The van der Waals surface area contributed by atoms with Crippen LogP contribution in [0, 0.1) is 19.7 Å². The largest absolute Gasteiger partial charge is 0.484 e. The van der Waals surface area contributed by atoms with Gasteiger partial charge in [-0.3, -0.25) is 4.79 Å². The zero-order valence-corrected chi connectivity index (χ0v) is 17.1. The molecule has 1 N–H and O–H groups in total. The van der Waals surface area contributed by atoms with Gasteiger partial charge in [-0.1, -0.05) is 41.1 Å². The van der Waals surface area contributed by atoms with E-state index < -0.39 is 0 Å². The lowest BCUT2D eigenvalue weighted by atomic mass is 10.1. The lowest BCUT2D eigenvalue weighted by Crippen LogP contribution is -2.20. The number of hydrogen-bond acceptors (Lipinski definition) is 5. The maximum Gasteiger partial charge on any atom is 0.262 e. The van der Waals surface area contributed by atoms with Crippen LogP contribution in [0.1, 0.15) is 11.1 Å². The van der Waals surface area contributed by atoms with Gasteiger partial charge < -0.3 is 14.6 Å². The molecule has 3 aromatic carbocycles. The molecule has 0 aliphatic rings. The second-order valence-electron chi connectivity index (χ2n) is 7.11. The van der Waals surface area contributed by atoms with Gasteiger partial charge in [0.05, 0.1) is 0 Å². The van der Waals surface area contributed by atoms with E-state index >= 15 is 0 Å². The number of aromatic nitrogens is 2. The van der Waals surface area contributed by atoms with Crippen molar-refractivity contribution < 1.29 is 18.4 Å². The van der Waals surface area contributed by atoms with Crippen LogP contribution in [0.2, 0.25) is 0 Å². The normalized spacial score (nSPS) is 10.7. The molecule has 4 rings (SSSR count). The van der Waals surface area contributed by atoms with Crippen LogP contribution in [0.15, 0.2) is 71.3 Å². The number of carbonyl (C=O) groups excluding carboxylic acids is 1. The van der Waals surface area contributed by atoms with E-state index in [2.05, 4.69) is 15.5 Å². The molecule has 0 bridgehead atoms. The molecule has 1 heterocycles. The van der Waals surface area contributed by atoms with Crippen molar-refractivity contribution >= 4 is 11.6 Å². The molecule has 4 aromatic rings. The Morgan fingerprint density at radius 1 is 1.00 bits per heavy atom. The van der Waals surface area contributed by atoms with E-state index in [1.165, 1.54) is 6.07 Å². The third-order valence-corrected chi connectivity index (χ3v) is 4.66. The summed E-state index contributed by atoms with van der Waals surface area (Å²) in [6.07, 6.45) is 0. The predicted octanol–water partition coefficient (Wildman–Crippen LogP) is 5.18. The first-order valence-electron chi connectivity index (χ1n) is 9.68. The first kappa shape index (κ1) is 20.3. The van der Waals surface area contributed by atoms with Crippen molar-refractivity contribution in [3.8, 4) is 28.6 Å². The number of halogens is 1. The summed E-state index contributed by atoms with van der Waals surface area (Å²) < 4.78 is 24.4. The summed E-state index contributed by atoms with van der Waals surface area (Å²) in [5.41, 5.74) is 3.66. The van der Waals surface area contributed by atoms with E-state index in [1.54, 1.807) is 43.3 Å². The molecule has 0 aliphatic heterocycles. The summed E-state index contributed by atoms with van der Waals surface area (Å²) in [5.74, 6) is 0.654. The Morgan fingerprint density at radius 3 is 2.42 bits per heavy atom. The van der Waals surface area contributed by atoms with Crippen LogP contribution in [0.25, 0.3) is 22.8 Å². The fourth-order valence-corrected chi connectivity index (χ4v) is 2.87. The summed E-state index contributed by atoms with van der Waals surface area (Å²) in [7, 11) is 0. The van der Waals surface area contributed by atoms with Crippen molar-refractivity contribution in [1.82, 2.24) is 10.1 Å². The lowest BCUT2D eigenvalue weighted by Gasteiger charge is -2.08. The SMILES string of the molecule is Cc1ccc(-c2noc(-c3ccc(OCC(=O)Nc4ccc(C)c(F)c4)cc3)n2)cc1. The first-order valence-corrected chi connectivity index (χ1v) is 9.68. The minimum absolute atomic E-state index is 0.201. The highest BCUT2D eigenvalue weighted by Crippen LogP contribution is 2.24. The first-order chi connectivity index (χ1) is 15.0. The maximum absolute atomic E-state index is 13.6. The van der Waals surface area contributed by atoms with E-state index in [-0.39, 0.29) is 18.3 Å². The van der Waals surface area contributed by atoms with Gasteiger partial charge in [0.15, 0.2) is 6.61 Å². The molecule has 0 unspecified atom stereocenters. The molecule has 0 saturated heterocycles. The van der Waals surface area contributed by atoms with Gasteiger partial charge in [-0.05, 0) is 55.8 Å². The van der Waals surface area contributed by atoms with Gasteiger partial charge in [0.2, 0.25) is 5.82 Å². The summed E-state index contributed by atoms with van der Waals surface area (Å²) in [5, 5.41) is 6.63. The number of nitrogens with one attached hydrogen (secondary N) is 1. The van der Waals surface area contributed by atoms with Gasteiger partial charge in [0.1, 0.15) is 11.6 Å². The number of nitrogens with zero attached hydrogens (tertiary/aromatic N) is 2. The van der Waals surface area contributed by atoms with Crippen LogP contribution in [0.4, 0.5) is 10.1 Å². The van der Waals surface area contributed by atoms with Crippen molar-refractivity contribution in [2.75, 3.05) is 11.9 Å². The van der Waals surface area contributed by atoms with Gasteiger partial charge in [-0.25, -0.2) is 4.39 Å². The smallest absolute Gasteiger partial charge is 0.262 e. The lowest BCUT2D eigenvalue weighted by molar-refractivity contribution is -0.118. The molecule has 1 aromatic heterocycles. The van der Waals surface area contributed by atoms with Gasteiger partial charge in [-0.15, -0.1) is 0 Å². The number of anilines is 1. The van der Waals surface area contributed by atoms with Crippen LogP contribution >= 0.6 is 0 Å². The minimum atomic E-state index is -0.382. The average molecular weight is 417 g/mol. The zero-order chi connectivity index (χ0) is 21.8. The third-order valence-electron chi connectivity index (χ3n) is 4.66. The number of aryl methyl sites for hydroxylation is 2. The van der Waals surface area contributed by atoms with Crippen molar-refractivity contribution in [3.63, 3.8) is 0 Å². The molecule has 0 spiro atoms. The molecule has 0 saturated carbocycles. The standard InChI is InChI=1S/C24H20FN3O3/c1-15-3-6-17(7-4-15)23-27-24(31-28-23)18-8-11-20(12-9-18)30-14-22(29)26-19-10-5-16(2)21(25)13-19/h3-13H,14H2,1-2H3,(H,26,29). The fourth-order valence-electron chi connectivity index (χ4n) is 2.87. The summed E-state index contributed by atoms with van der Waals surface area (Å²) in [6, 6.07) is 19.3. The number of benzene rings is 3. The van der Waals surface area contributed by atoms with E-state index in [0.717, 1.165) is 16.7 Å². The van der Waals surface area contributed by atoms with Crippen molar-refractivity contribution in [2.45, 2.75) is 13.8 Å². The van der Waals surface area contributed by atoms with Crippen LogP contribution in [0.5, 0.6) is 5.75 Å². The van der Waals surface area contributed by atoms with E-state index in [4.69, 9.17) is 9.26 Å². The van der Waals surface area contributed by atoms with E-state index in [0.29, 0.717) is 28.7 Å². The number of amides is 1. The molecule has 1 amide bonds. The van der Waals surface area contributed by atoms with Crippen LogP contribution in [-0.4, -0.2) is 22.7 Å². The van der Waals surface area contributed by atoms with E-state index in [9.17, 15) is 9.18 Å². The van der Waals surface area contributed by atoms with E-state index in [1.807, 2.05) is 31.2 Å². The second-order valence-corrected chi connectivity index (χ2v) is 7.11. The van der Waals surface area contributed by atoms with Gasteiger partial charge in [0.25, 0.3) is 11.8 Å². The highest BCUT2D eigenvalue weighted by Gasteiger charge is 2.11. The monoisotopic (exact) mass is 417 g/mol. The molecule has 0 fully saturated rings. The topological polar surface area (TPSA) is 77.2 Å². The molecule has 7 heteroatoms. The highest BCUT2D eigenvalue weighted by molar-refractivity contribution is 5.91. The summed E-state index contributed by atoms with van der Waals surface area (Å²) in [6.45, 7) is 3.47. The van der Waals surface area contributed by atoms with Crippen molar-refractivity contribution in [1.29, 1.82) is 0 Å². The highest BCUT2D eigenvalue weighted by atomic mass is 19.1. The summed E-state index contributed by atoms with van der Waals surface area (Å²) in [4.78, 5) is 16.5. The number of carbonyl (C=O) groups is 1. The molecule has 156 valence electrons. The Hall–Kier alpha value is -4.00. The second kappa shape index (κ2) is 8.79. The Balaban J connectivity index is 1.35. The fraction of sp³-hybridized carbons (Fsp3) is 0.125. The zero-order valence-electron chi connectivity index (χ0n) is 17.1. The third kappa shape index (κ3) is 4.95. The van der Waals surface area contributed by atoms with Crippen molar-refractivity contribution in [3.05, 3.63) is 83.7 Å². The summed E-state index contributed by atoms with van der Waals surface area (Å²) >= 11 is 0. The maximum atomic E-state index is 13.6. The Labute approximate surface area is 178 Å². The molecular weight excluding hydrogens is 397 g/mol. The number of hydrogen-bond donors (Lipinski definition) is 1. The minimum Gasteiger partial charge on any atom is -0.484 e. The van der Waals surface area contributed by atoms with Crippen LogP contribution < -0.4 is 10.1 Å². The number of ether oxygens (including phenoxy) is 1. The molecular formula is C24H20FN3O3. The van der Waals surface area contributed by atoms with Gasteiger partial charge in [-0.2, -0.15) is 4.98 Å². The number of rotatable bonds is 6. The quantitative estimate of drug-likeness (QED) is 0.468. The average Bonchev–Trinajstić information content (AvgIpc) is 3.26. The molecule has 6 nitrogen and oxygen atoms in total. The Bertz CT molecular complexity index is 1200. The van der Waals surface area contributed by atoms with Crippen LogP contribution in [-0.2, 0) is 4.79 Å². The molecule has 0 atom stereocenters. The molecule has 0 aliphatic carbocycles. The van der Waals surface area contributed by atoms with Gasteiger partial charge in [0, 0.05) is 16.8 Å². The Morgan fingerprint density at radius 2 is 1.71 bits per heavy atom. The van der Waals surface area contributed by atoms with Gasteiger partial charge >= 0.3 is 0 Å². The predicted molar refractivity (Wildman–Crippen MR) is 115 cm³/mol.